The van der Waals surface area contributed by atoms with Gasteiger partial charge in [-0.3, -0.25) is 9.59 Å². The third-order valence-electron chi connectivity index (χ3n) is 3.77. The summed E-state index contributed by atoms with van der Waals surface area (Å²) in [4.78, 5) is 24.6. The zero-order chi connectivity index (χ0) is 15.6. The number of hydrogen-bond acceptors (Lipinski definition) is 2. The molecule has 0 saturated heterocycles. The van der Waals surface area contributed by atoms with Crippen molar-refractivity contribution < 1.29 is 4.79 Å². The molecule has 0 N–H and O–H groups in total. The van der Waals surface area contributed by atoms with Gasteiger partial charge in [0.15, 0.2) is 5.78 Å². The molecule has 0 radical (unpaired) electrons. The molecule has 2 aromatic rings. The largest absolute Gasteiger partial charge is 0.303 e. The molecule has 21 heavy (non-hydrogen) atoms. The number of nitrogens with zero attached hydrogens (tertiary/aromatic N) is 1. The van der Waals surface area contributed by atoms with Gasteiger partial charge in [0.2, 0.25) is 0 Å². The first-order chi connectivity index (χ1) is 9.91. The Bertz CT molecular complexity index is 706. The summed E-state index contributed by atoms with van der Waals surface area (Å²) in [5, 5.41) is 0. The second-order valence-electron chi connectivity index (χ2n) is 5.68. The van der Waals surface area contributed by atoms with E-state index in [2.05, 4.69) is 0 Å². The highest BCUT2D eigenvalue weighted by atomic mass is 16.1. The van der Waals surface area contributed by atoms with E-state index < -0.39 is 0 Å². The lowest BCUT2D eigenvalue weighted by atomic mass is 9.97. The minimum atomic E-state index is -0.127. The van der Waals surface area contributed by atoms with Gasteiger partial charge in [0.05, 0.1) is 5.69 Å². The minimum absolute atomic E-state index is 0.0150. The van der Waals surface area contributed by atoms with Crippen LogP contribution >= 0.6 is 0 Å². The van der Waals surface area contributed by atoms with Gasteiger partial charge >= 0.3 is 0 Å². The first-order valence-electron chi connectivity index (χ1n) is 7.21. The molecule has 0 atom stereocenters. The molecular weight excluding hydrogens is 262 g/mol. The monoisotopic (exact) mass is 283 g/mol. The molecule has 1 aromatic heterocycles. The highest BCUT2D eigenvalue weighted by molar-refractivity contribution is 5.96. The number of aromatic nitrogens is 1. The Kier molecular flexibility index (Phi) is 4.41. The summed E-state index contributed by atoms with van der Waals surface area (Å²) in [5.41, 5.74) is 3.63. The predicted molar refractivity (Wildman–Crippen MR) is 85.0 cm³/mol. The number of benzene rings is 1. The van der Waals surface area contributed by atoms with Crippen LogP contribution in [0.25, 0.3) is 0 Å². The first kappa shape index (κ1) is 15.2. The molecule has 0 amide bonds. The molecule has 110 valence electrons. The maximum atomic E-state index is 12.6. The molecule has 0 aliphatic heterocycles. The highest BCUT2D eigenvalue weighted by Crippen LogP contribution is 2.17. The molecule has 1 heterocycles. The van der Waals surface area contributed by atoms with Crippen molar-refractivity contribution in [3.05, 3.63) is 69.1 Å². The molecular formula is C18H21NO2. The maximum Gasteiger partial charge on any atom is 0.251 e. The smallest absolute Gasteiger partial charge is 0.251 e. The molecule has 0 bridgehead atoms. The number of ketones is 1. The number of hydrogen-bond donors (Lipinski definition) is 0. The number of carbonyl (C=O) groups is 1. The van der Waals surface area contributed by atoms with E-state index in [4.69, 9.17) is 0 Å². The molecule has 0 saturated carbocycles. The van der Waals surface area contributed by atoms with Gasteiger partial charge < -0.3 is 4.57 Å². The fraction of sp³-hybridized carbons (Fsp3) is 0.333. The molecule has 0 fully saturated rings. The summed E-state index contributed by atoms with van der Waals surface area (Å²) in [5.74, 6) is -0.0150. The van der Waals surface area contributed by atoms with Crippen LogP contribution in [0.3, 0.4) is 0 Å². The molecule has 0 aliphatic carbocycles. The van der Waals surface area contributed by atoms with Crippen molar-refractivity contribution in [1.82, 2.24) is 4.57 Å². The van der Waals surface area contributed by atoms with Crippen LogP contribution in [0.1, 0.15) is 47.1 Å². The predicted octanol–water partition coefficient (Wildman–Crippen LogP) is 3.47. The molecule has 3 heteroatoms. The van der Waals surface area contributed by atoms with E-state index in [0.717, 1.165) is 16.7 Å². The fourth-order valence-corrected chi connectivity index (χ4v) is 2.64. The Morgan fingerprint density at radius 2 is 1.62 bits per heavy atom. The van der Waals surface area contributed by atoms with Crippen LogP contribution < -0.4 is 5.56 Å². The highest BCUT2D eigenvalue weighted by Gasteiger charge is 2.16. The van der Waals surface area contributed by atoms with Gasteiger partial charge in [-0.1, -0.05) is 24.3 Å². The van der Waals surface area contributed by atoms with Crippen molar-refractivity contribution in [3.8, 4) is 0 Å². The van der Waals surface area contributed by atoms with Crippen LogP contribution in [0.2, 0.25) is 0 Å². The van der Waals surface area contributed by atoms with Gasteiger partial charge in [0, 0.05) is 18.5 Å². The molecule has 2 rings (SSSR count). The van der Waals surface area contributed by atoms with E-state index in [1.807, 2.05) is 45.9 Å². The average molecular weight is 283 g/mol. The quantitative estimate of drug-likeness (QED) is 0.806. The summed E-state index contributed by atoms with van der Waals surface area (Å²) >= 11 is 0. The van der Waals surface area contributed by atoms with E-state index in [1.165, 1.54) is 6.07 Å². The third kappa shape index (κ3) is 3.13. The molecule has 0 spiro atoms. The maximum absolute atomic E-state index is 12.6. The Morgan fingerprint density at radius 1 is 1.05 bits per heavy atom. The Hall–Kier alpha value is -2.16. The fourth-order valence-electron chi connectivity index (χ4n) is 2.64. The van der Waals surface area contributed by atoms with Gasteiger partial charge in [-0.2, -0.15) is 0 Å². The summed E-state index contributed by atoms with van der Waals surface area (Å²) in [6, 6.07) is 10.9. The average Bonchev–Trinajstić information content (AvgIpc) is 2.42. The van der Waals surface area contributed by atoms with Gasteiger partial charge in [-0.25, -0.2) is 0 Å². The van der Waals surface area contributed by atoms with Crippen molar-refractivity contribution in [2.24, 2.45) is 0 Å². The molecule has 0 unspecified atom stereocenters. The van der Waals surface area contributed by atoms with Crippen molar-refractivity contribution >= 4 is 5.78 Å². The van der Waals surface area contributed by atoms with Gasteiger partial charge in [0.1, 0.15) is 0 Å². The van der Waals surface area contributed by atoms with Gasteiger partial charge in [-0.05, 0) is 50.5 Å². The second kappa shape index (κ2) is 6.08. The lowest BCUT2D eigenvalue weighted by molar-refractivity contribution is 0.0980. The molecule has 1 aromatic carbocycles. The normalized spacial score (nSPS) is 10.9. The SMILES string of the molecule is Cc1cccc(C)c1CC(=O)c1cccc(=O)n1C(C)C. The summed E-state index contributed by atoms with van der Waals surface area (Å²) < 4.78 is 1.57. The topological polar surface area (TPSA) is 39.1 Å². The Morgan fingerprint density at radius 3 is 2.19 bits per heavy atom. The minimum Gasteiger partial charge on any atom is -0.303 e. The van der Waals surface area contributed by atoms with Crippen LogP contribution in [-0.2, 0) is 6.42 Å². The van der Waals surface area contributed by atoms with Crippen LogP contribution in [0, 0.1) is 13.8 Å². The van der Waals surface area contributed by atoms with Crippen molar-refractivity contribution in [3.63, 3.8) is 0 Å². The van der Waals surface area contributed by atoms with E-state index in [-0.39, 0.29) is 17.4 Å². The zero-order valence-corrected chi connectivity index (χ0v) is 13.0. The summed E-state index contributed by atoms with van der Waals surface area (Å²) in [6.07, 6.45) is 0.328. The van der Waals surface area contributed by atoms with E-state index in [1.54, 1.807) is 16.7 Å². The van der Waals surface area contributed by atoms with Gasteiger partial charge in [-0.15, -0.1) is 0 Å². The lowest BCUT2D eigenvalue weighted by Gasteiger charge is -2.16. The van der Waals surface area contributed by atoms with Gasteiger partial charge in [0.25, 0.3) is 5.56 Å². The van der Waals surface area contributed by atoms with Crippen LogP contribution in [0.15, 0.2) is 41.2 Å². The molecule has 3 nitrogen and oxygen atoms in total. The Balaban J connectivity index is 2.43. The first-order valence-corrected chi connectivity index (χ1v) is 7.21. The van der Waals surface area contributed by atoms with E-state index in [9.17, 15) is 9.59 Å². The third-order valence-corrected chi connectivity index (χ3v) is 3.77. The number of Topliss-reactive ketones (excluding diaryl/α,β-unsaturated/α-hetero) is 1. The lowest BCUT2D eigenvalue weighted by Crippen LogP contribution is -2.27. The zero-order valence-electron chi connectivity index (χ0n) is 13.0. The number of carbonyl (C=O) groups excluding carboxylic acids is 1. The number of aryl methyl sites for hydroxylation is 2. The van der Waals surface area contributed by atoms with Crippen molar-refractivity contribution in [2.75, 3.05) is 0 Å². The number of pyridine rings is 1. The van der Waals surface area contributed by atoms with Crippen LogP contribution in [-0.4, -0.2) is 10.4 Å². The standard InChI is InChI=1S/C18H21NO2/c1-12(2)19-16(9-6-10-18(19)21)17(20)11-15-13(3)7-5-8-14(15)4/h5-10,12H,11H2,1-4H3. The number of rotatable bonds is 4. The summed E-state index contributed by atoms with van der Waals surface area (Å²) in [7, 11) is 0. The van der Waals surface area contributed by atoms with E-state index >= 15 is 0 Å². The van der Waals surface area contributed by atoms with Crippen LogP contribution in [0.5, 0.6) is 0 Å². The van der Waals surface area contributed by atoms with Crippen molar-refractivity contribution in [2.45, 2.75) is 40.2 Å². The van der Waals surface area contributed by atoms with Crippen molar-refractivity contribution in [1.29, 1.82) is 0 Å². The Labute approximate surface area is 125 Å². The molecule has 0 aliphatic rings. The van der Waals surface area contributed by atoms with Crippen LogP contribution in [0.4, 0.5) is 0 Å². The summed E-state index contributed by atoms with van der Waals surface area (Å²) in [6.45, 7) is 7.85. The van der Waals surface area contributed by atoms with E-state index in [0.29, 0.717) is 12.1 Å². The second-order valence-corrected chi connectivity index (χ2v) is 5.68.